The van der Waals surface area contributed by atoms with Gasteiger partial charge in [0.1, 0.15) is 28.9 Å². The van der Waals surface area contributed by atoms with E-state index in [1.807, 2.05) is 6.07 Å². The molecule has 0 aliphatic heterocycles. The first-order valence-electron chi connectivity index (χ1n) is 6.36. The van der Waals surface area contributed by atoms with Crippen LogP contribution in [-0.2, 0) is 4.79 Å². The zero-order chi connectivity index (χ0) is 15.9. The van der Waals surface area contributed by atoms with E-state index in [0.717, 1.165) is 0 Å². The summed E-state index contributed by atoms with van der Waals surface area (Å²) in [4.78, 5) is 12.2. The molecule has 0 bridgehead atoms. The Morgan fingerprint density at radius 2 is 2.14 bits per heavy atom. The highest BCUT2D eigenvalue weighted by molar-refractivity contribution is 6.10. The van der Waals surface area contributed by atoms with Crippen LogP contribution in [0, 0.1) is 11.3 Å². The molecule has 1 aromatic carbocycles. The fourth-order valence-electron chi connectivity index (χ4n) is 1.76. The summed E-state index contributed by atoms with van der Waals surface area (Å²) in [6.45, 7) is 0. The molecular weight excluding hydrogens is 284 g/mol. The second-order valence-electron chi connectivity index (χ2n) is 4.21. The fraction of sp³-hybridized carbons (Fsp3) is 0.125. The highest BCUT2D eigenvalue weighted by Crippen LogP contribution is 2.29. The van der Waals surface area contributed by atoms with Gasteiger partial charge in [0.05, 0.1) is 26.2 Å². The van der Waals surface area contributed by atoms with E-state index < -0.39 is 5.91 Å². The Bertz CT molecular complexity index is 727. The number of nitrogens with one attached hydrogen (secondary N) is 1. The SMILES string of the molecule is COc1ccc(NC(=O)C(C#N)=Cc2ccco2)c(OC)c1. The third kappa shape index (κ3) is 3.46. The number of anilines is 1. The number of rotatable bonds is 5. The molecule has 0 unspecified atom stereocenters. The Morgan fingerprint density at radius 1 is 1.32 bits per heavy atom. The first-order chi connectivity index (χ1) is 10.7. The summed E-state index contributed by atoms with van der Waals surface area (Å²) in [6.07, 6.45) is 2.83. The van der Waals surface area contributed by atoms with Gasteiger partial charge in [-0.2, -0.15) is 5.26 Å². The summed E-state index contributed by atoms with van der Waals surface area (Å²) >= 11 is 0. The number of carbonyl (C=O) groups is 1. The number of amides is 1. The van der Waals surface area contributed by atoms with Crippen molar-refractivity contribution in [2.24, 2.45) is 0 Å². The van der Waals surface area contributed by atoms with E-state index in [-0.39, 0.29) is 5.57 Å². The van der Waals surface area contributed by atoms with Crippen LogP contribution in [0.2, 0.25) is 0 Å². The number of benzene rings is 1. The molecule has 1 heterocycles. The molecule has 0 aliphatic carbocycles. The molecule has 22 heavy (non-hydrogen) atoms. The third-order valence-corrected chi connectivity index (χ3v) is 2.85. The van der Waals surface area contributed by atoms with Crippen LogP contribution >= 0.6 is 0 Å². The number of hydrogen-bond donors (Lipinski definition) is 1. The molecule has 1 amide bonds. The summed E-state index contributed by atoms with van der Waals surface area (Å²) in [6, 6.07) is 10.1. The highest BCUT2D eigenvalue weighted by atomic mass is 16.5. The van der Waals surface area contributed by atoms with Gasteiger partial charge in [0.2, 0.25) is 0 Å². The van der Waals surface area contributed by atoms with Crippen LogP contribution < -0.4 is 14.8 Å². The third-order valence-electron chi connectivity index (χ3n) is 2.85. The number of carbonyl (C=O) groups excluding carboxylic acids is 1. The summed E-state index contributed by atoms with van der Waals surface area (Å²) in [5.74, 6) is 0.903. The number of ether oxygens (including phenoxy) is 2. The van der Waals surface area contributed by atoms with Crippen LogP contribution in [0.15, 0.2) is 46.6 Å². The second-order valence-corrected chi connectivity index (χ2v) is 4.21. The van der Waals surface area contributed by atoms with Gasteiger partial charge in [-0.3, -0.25) is 4.79 Å². The number of nitrogens with zero attached hydrogens (tertiary/aromatic N) is 1. The van der Waals surface area contributed by atoms with Crippen molar-refractivity contribution in [3.05, 3.63) is 47.9 Å². The van der Waals surface area contributed by atoms with Gasteiger partial charge in [-0.15, -0.1) is 0 Å². The van der Waals surface area contributed by atoms with E-state index in [0.29, 0.717) is 22.9 Å². The minimum Gasteiger partial charge on any atom is -0.497 e. The van der Waals surface area contributed by atoms with Crippen molar-refractivity contribution in [1.29, 1.82) is 5.26 Å². The molecule has 6 heteroatoms. The summed E-state index contributed by atoms with van der Waals surface area (Å²) in [5, 5.41) is 11.7. The van der Waals surface area contributed by atoms with Crippen molar-refractivity contribution >= 4 is 17.7 Å². The molecule has 6 nitrogen and oxygen atoms in total. The topological polar surface area (TPSA) is 84.5 Å². The Morgan fingerprint density at radius 3 is 2.73 bits per heavy atom. The summed E-state index contributed by atoms with van der Waals surface area (Å²) in [7, 11) is 3.02. The van der Waals surface area contributed by atoms with Crippen LogP contribution in [0.1, 0.15) is 5.76 Å². The lowest BCUT2D eigenvalue weighted by Crippen LogP contribution is -2.14. The minimum absolute atomic E-state index is 0.0761. The van der Waals surface area contributed by atoms with Gasteiger partial charge in [-0.05, 0) is 24.3 Å². The molecule has 0 atom stereocenters. The number of methoxy groups -OCH3 is 2. The first-order valence-corrected chi connectivity index (χ1v) is 6.36. The first kappa shape index (κ1) is 15.2. The van der Waals surface area contributed by atoms with Crippen LogP contribution in [0.25, 0.3) is 6.08 Å². The van der Waals surface area contributed by atoms with E-state index in [1.165, 1.54) is 26.6 Å². The van der Waals surface area contributed by atoms with Gasteiger partial charge < -0.3 is 19.2 Å². The maximum atomic E-state index is 12.2. The van der Waals surface area contributed by atoms with E-state index >= 15 is 0 Å². The van der Waals surface area contributed by atoms with E-state index in [2.05, 4.69) is 5.32 Å². The summed E-state index contributed by atoms with van der Waals surface area (Å²) < 4.78 is 15.4. The molecule has 1 aromatic heterocycles. The number of furan rings is 1. The van der Waals surface area contributed by atoms with Crippen molar-refractivity contribution in [1.82, 2.24) is 0 Å². The molecule has 2 rings (SSSR count). The smallest absolute Gasteiger partial charge is 0.266 e. The van der Waals surface area contributed by atoms with Crippen molar-refractivity contribution in [2.75, 3.05) is 19.5 Å². The Hall–Kier alpha value is -3.20. The maximum absolute atomic E-state index is 12.2. The standard InChI is InChI=1S/C16H14N2O4/c1-20-12-5-6-14(15(9-12)21-2)18-16(19)11(10-17)8-13-4-3-7-22-13/h3-9H,1-2H3,(H,18,19). The molecule has 0 radical (unpaired) electrons. The van der Waals surface area contributed by atoms with Crippen molar-refractivity contribution in [3.8, 4) is 17.6 Å². The van der Waals surface area contributed by atoms with E-state index in [9.17, 15) is 4.79 Å². The number of nitriles is 1. The zero-order valence-corrected chi connectivity index (χ0v) is 12.1. The predicted octanol–water partition coefficient (Wildman–Crippen LogP) is 2.84. The van der Waals surface area contributed by atoms with Crippen molar-refractivity contribution < 1.29 is 18.7 Å². The van der Waals surface area contributed by atoms with Gasteiger partial charge in [0.25, 0.3) is 5.91 Å². The van der Waals surface area contributed by atoms with Gasteiger partial charge in [0, 0.05) is 12.1 Å². The van der Waals surface area contributed by atoms with Crippen LogP contribution in [0.5, 0.6) is 11.5 Å². The molecule has 0 fully saturated rings. The molecule has 1 N–H and O–H groups in total. The average molecular weight is 298 g/mol. The highest BCUT2D eigenvalue weighted by Gasteiger charge is 2.13. The molecule has 112 valence electrons. The van der Waals surface area contributed by atoms with Crippen molar-refractivity contribution in [3.63, 3.8) is 0 Å². The monoisotopic (exact) mass is 298 g/mol. The quantitative estimate of drug-likeness (QED) is 0.677. The lowest BCUT2D eigenvalue weighted by atomic mass is 10.2. The molecule has 0 saturated carbocycles. The normalized spacial score (nSPS) is 10.7. The van der Waals surface area contributed by atoms with Gasteiger partial charge in [-0.25, -0.2) is 0 Å². The van der Waals surface area contributed by atoms with E-state index in [1.54, 1.807) is 30.3 Å². The van der Waals surface area contributed by atoms with Crippen LogP contribution in [-0.4, -0.2) is 20.1 Å². The lowest BCUT2D eigenvalue weighted by Gasteiger charge is -2.11. The van der Waals surface area contributed by atoms with Crippen LogP contribution in [0.3, 0.4) is 0 Å². The van der Waals surface area contributed by atoms with Gasteiger partial charge >= 0.3 is 0 Å². The van der Waals surface area contributed by atoms with Crippen molar-refractivity contribution in [2.45, 2.75) is 0 Å². The lowest BCUT2D eigenvalue weighted by molar-refractivity contribution is -0.112. The molecular formula is C16H14N2O4. The molecule has 0 aliphatic rings. The Labute approximate surface area is 127 Å². The van der Waals surface area contributed by atoms with Gasteiger partial charge in [0.15, 0.2) is 0 Å². The van der Waals surface area contributed by atoms with E-state index in [4.69, 9.17) is 19.2 Å². The Balaban J connectivity index is 2.23. The molecule has 0 saturated heterocycles. The van der Waals surface area contributed by atoms with Gasteiger partial charge in [-0.1, -0.05) is 0 Å². The molecule has 2 aromatic rings. The maximum Gasteiger partial charge on any atom is 0.266 e. The predicted molar refractivity (Wildman–Crippen MR) is 80.5 cm³/mol. The molecule has 0 spiro atoms. The largest absolute Gasteiger partial charge is 0.497 e. The van der Waals surface area contributed by atoms with Crippen LogP contribution in [0.4, 0.5) is 5.69 Å². The summed E-state index contributed by atoms with van der Waals surface area (Å²) in [5.41, 5.74) is 0.363. The minimum atomic E-state index is -0.553. The number of hydrogen-bond acceptors (Lipinski definition) is 5. The zero-order valence-electron chi connectivity index (χ0n) is 12.1. The average Bonchev–Trinajstić information content (AvgIpc) is 3.05. The Kier molecular flexibility index (Phi) is 4.83. The second kappa shape index (κ2) is 6.99. The fourth-order valence-corrected chi connectivity index (χ4v) is 1.76.